The molecule has 15 heavy (non-hydrogen) atoms. The van der Waals surface area contributed by atoms with Gasteiger partial charge in [-0.2, -0.15) is 5.10 Å². The molecular formula is C10H15N3O2. The topological polar surface area (TPSA) is 58.4 Å². The number of hydrogen-bond donors (Lipinski definition) is 1. The predicted molar refractivity (Wildman–Crippen MR) is 54.4 cm³/mol. The highest BCUT2D eigenvalue weighted by Gasteiger charge is 2.34. The van der Waals surface area contributed by atoms with E-state index in [1.54, 1.807) is 35.8 Å². The molecule has 1 saturated heterocycles. The van der Waals surface area contributed by atoms with Gasteiger partial charge >= 0.3 is 0 Å². The van der Waals surface area contributed by atoms with Crippen LogP contribution in [0.5, 0.6) is 0 Å². The molecule has 1 unspecified atom stereocenters. The third-order valence-electron chi connectivity index (χ3n) is 2.67. The van der Waals surface area contributed by atoms with Crippen LogP contribution in [0, 0.1) is 0 Å². The summed E-state index contributed by atoms with van der Waals surface area (Å²) in [7, 11) is 1.77. The first-order chi connectivity index (χ1) is 6.98. The molecular weight excluding hydrogens is 194 g/mol. The molecule has 0 aliphatic carbocycles. The Balaban J connectivity index is 2.10. The maximum absolute atomic E-state index is 11.9. The summed E-state index contributed by atoms with van der Waals surface area (Å²) in [6.45, 7) is 2.74. The summed E-state index contributed by atoms with van der Waals surface area (Å²) >= 11 is 0. The van der Waals surface area contributed by atoms with E-state index >= 15 is 0 Å². The van der Waals surface area contributed by atoms with E-state index < -0.39 is 5.60 Å². The van der Waals surface area contributed by atoms with Crippen LogP contribution in [0.4, 0.5) is 0 Å². The highest BCUT2D eigenvalue weighted by molar-refractivity contribution is 5.92. The first-order valence-electron chi connectivity index (χ1n) is 4.99. The predicted octanol–water partition coefficient (Wildman–Crippen LogP) is 0.0170. The van der Waals surface area contributed by atoms with Crippen molar-refractivity contribution in [3.63, 3.8) is 0 Å². The van der Waals surface area contributed by atoms with Crippen molar-refractivity contribution in [1.82, 2.24) is 14.7 Å². The zero-order chi connectivity index (χ0) is 11.1. The van der Waals surface area contributed by atoms with Crippen molar-refractivity contribution >= 4 is 5.91 Å². The largest absolute Gasteiger partial charge is 0.388 e. The zero-order valence-corrected chi connectivity index (χ0v) is 8.97. The van der Waals surface area contributed by atoms with Gasteiger partial charge in [-0.3, -0.25) is 9.48 Å². The number of aliphatic hydroxyl groups is 1. The molecule has 5 nitrogen and oxygen atoms in total. The number of rotatable bonds is 1. The maximum atomic E-state index is 11.9. The molecule has 1 aliphatic rings. The lowest BCUT2D eigenvalue weighted by molar-refractivity contribution is 0.0568. The van der Waals surface area contributed by atoms with E-state index in [0.29, 0.717) is 25.2 Å². The second-order valence-electron chi connectivity index (χ2n) is 4.35. The summed E-state index contributed by atoms with van der Waals surface area (Å²) in [5.41, 5.74) is -0.306. The van der Waals surface area contributed by atoms with E-state index in [4.69, 9.17) is 0 Å². The van der Waals surface area contributed by atoms with Gasteiger partial charge in [0.2, 0.25) is 0 Å². The molecule has 0 radical (unpaired) electrons. The van der Waals surface area contributed by atoms with E-state index in [0.717, 1.165) is 0 Å². The molecule has 0 bridgehead atoms. The van der Waals surface area contributed by atoms with Gasteiger partial charge in [0, 0.05) is 26.3 Å². The van der Waals surface area contributed by atoms with Crippen LogP contribution < -0.4 is 0 Å². The van der Waals surface area contributed by atoms with E-state index in [9.17, 15) is 9.90 Å². The van der Waals surface area contributed by atoms with Gasteiger partial charge in [0.25, 0.3) is 5.91 Å². The van der Waals surface area contributed by atoms with Crippen LogP contribution >= 0.6 is 0 Å². The normalized spacial score (nSPS) is 25.9. The van der Waals surface area contributed by atoms with Crippen LogP contribution in [0.15, 0.2) is 12.3 Å². The Morgan fingerprint density at radius 3 is 2.87 bits per heavy atom. The standard InChI is InChI=1S/C10H15N3O2/c1-10(15)4-6-13(7-10)9(14)8-3-5-12(2)11-8/h3,5,15H,4,6-7H2,1-2H3. The number of hydrogen-bond acceptors (Lipinski definition) is 3. The molecule has 1 aliphatic heterocycles. The number of carbonyl (C=O) groups is 1. The van der Waals surface area contributed by atoms with Crippen LogP contribution in [0.1, 0.15) is 23.8 Å². The van der Waals surface area contributed by atoms with E-state index in [2.05, 4.69) is 5.10 Å². The van der Waals surface area contributed by atoms with E-state index in [1.807, 2.05) is 0 Å². The van der Waals surface area contributed by atoms with Gasteiger partial charge in [-0.1, -0.05) is 0 Å². The molecule has 0 spiro atoms. The lowest BCUT2D eigenvalue weighted by Gasteiger charge is -2.17. The molecule has 0 aromatic carbocycles. The summed E-state index contributed by atoms with van der Waals surface area (Å²) in [6.07, 6.45) is 2.37. The van der Waals surface area contributed by atoms with Gasteiger partial charge in [0.15, 0.2) is 0 Å². The Morgan fingerprint density at radius 2 is 2.40 bits per heavy atom. The van der Waals surface area contributed by atoms with Crippen LogP contribution in [0.2, 0.25) is 0 Å². The first kappa shape index (κ1) is 10.2. The number of amides is 1. The number of β-amino-alcohol motifs (C(OH)–C–C–N with tert-alkyl or cyclic N) is 1. The average Bonchev–Trinajstić information content (AvgIpc) is 2.71. The van der Waals surface area contributed by atoms with Gasteiger partial charge in [-0.15, -0.1) is 0 Å². The third-order valence-corrected chi connectivity index (χ3v) is 2.67. The van der Waals surface area contributed by atoms with Gasteiger partial charge in [-0.25, -0.2) is 0 Å². The minimum Gasteiger partial charge on any atom is -0.388 e. The molecule has 2 rings (SSSR count). The van der Waals surface area contributed by atoms with Crippen molar-refractivity contribution in [2.24, 2.45) is 7.05 Å². The molecule has 1 N–H and O–H groups in total. The number of nitrogens with zero attached hydrogens (tertiary/aromatic N) is 3. The summed E-state index contributed by atoms with van der Waals surface area (Å²) in [5, 5.41) is 13.8. The van der Waals surface area contributed by atoms with Crippen molar-refractivity contribution in [1.29, 1.82) is 0 Å². The Hall–Kier alpha value is -1.36. The molecule has 1 fully saturated rings. The van der Waals surface area contributed by atoms with Crippen molar-refractivity contribution < 1.29 is 9.90 Å². The molecule has 0 saturated carbocycles. The van der Waals surface area contributed by atoms with Gasteiger partial charge < -0.3 is 10.0 Å². The Kier molecular flexibility index (Phi) is 2.26. The minimum absolute atomic E-state index is 0.103. The molecule has 1 aromatic heterocycles. The fraction of sp³-hybridized carbons (Fsp3) is 0.600. The molecule has 1 aromatic rings. The molecule has 2 heterocycles. The van der Waals surface area contributed by atoms with Gasteiger partial charge in [-0.05, 0) is 19.4 Å². The van der Waals surface area contributed by atoms with Crippen molar-refractivity contribution in [2.45, 2.75) is 18.9 Å². The van der Waals surface area contributed by atoms with E-state index in [1.165, 1.54) is 0 Å². The highest BCUT2D eigenvalue weighted by Crippen LogP contribution is 2.21. The minimum atomic E-state index is -0.746. The smallest absolute Gasteiger partial charge is 0.274 e. The number of likely N-dealkylation sites (tertiary alicyclic amines) is 1. The maximum Gasteiger partial charge on any atom is 0.274 e. The molecule has 5 heteroatoms. The molecule has 82 valence electrons. The Labute approximate surface area is 88.3 Å². The lowest BCUT2D eigenvalue weighted by atomic mass is 10.1. The van der Waals surface area contributed by atoms with Gasteiger partial charge in [0.05, 0.1) is 5.60 Å². The van der Waals surface area contributed by atoms with Crippen LogP contribution in [0.3, 0.4) is 0 Å². The summed E-state index contributed by atoms with van der Waals surface area (Å²) in [5.74, 6) is -0.103. The highest BCUT2D eigenvalue weighted by atomic mass is 16.3. The van der Waals surface area contributed by atoms with Crippen molar-refractivity contribution in [3.8, 4) is 0 Å². The number of aryl methyl sites for hydroxylation is 1. The van der Waals surface area contributed by atoms with Crippen LogP contribution in [-0.4, -0.2) is 44.4 Å². The second-order valence-corrected chi connectivity index (χ2v) is 4.35. The summed E-state index contributed by atoms with van der Waals surface area (Å²) in [4.78, 5) is 13.5. The molecule has 1 amide bonds. The number of aromatic nitrogens is 2. The lowest BCUT2D eigenvalue weighted by Crippen LogP contribution is -2.34. The third kappa shape index (κ3) is 2.02. The fourth-order valence-electron chi connectivity index (χ4n) is 1.81. The summed E-state index contributed by atoms with van der Waals surface area (Å²) in [6, 6.07) is 1.69. The monoisotopic (exact) mass is 209 g/mol. The number of carbonyl (C=O) groups excluding carboxylic acids is 1. The Bertz CT molecular complexity index is 384. The zero-order valence-electron chi connectivity index (χ0n) is 8.97. The van der Waals surface area contributed by atoms with Gasteiger partial charge in [0.1, 0.15) is 5.69 Å². The molecule has 1 atom stereocenters. The first-order valence-corrected chi connectivity index (χ1v) is 4.99. The van der Waals surface area contributed by atoms with E-state index in [-0.39, 0.29) is 5.91 Å². The second kappa shape index (κ2) is 3.34. The van der Waals surface area contributed by atoms with Crippen molar-refractivity contribution in [3.05, 3.63) is 18.0 Å². The van der Waals surface area contributed by atoms with Crippen LogP contribution in [0.25, 0.3) is 0 Å². The van der Waals surface area contributed by atoms with Crippen molar-refractivity contribution in [2.75, 3.05) is 13.1 Å². The summed E-state index contributed by atoms with van der Waals surface area (Å²) < 4.78 is 1.60. The SMILES string of the molecule is Cn1ccc(C(=O)N2CCC(C)(O)C2)n1. The van der Waals surface area contributed by atoms with Crippen LogP contribution in [-0.2, 0) is 7.05 Å². The fourth-order valence-corrected chi connectivity index (χ4v) is 1.81. The Morgan fingerprint density at radius 1 is 1.67 bits per heavy atom. The quantitative estimate of drug-likeness (QED) is 0.709. The average molecular weight is 209 g/mol.